The molecule has 0 saturated heterocycles. The van der Waals surface area contributed by atoms with Gasteiger partial charge in [0.05, 0.1) is 11.7 Å². The number of hydrogen-bond donors (Lipinski definition) is 1. The largest absolute Gasteiger partial charge is 0.477 e. The number of hydrogen-bond acceptors (Lipinski definition) is 5. The summed E-state index contributed by atoms with van der Waals surface area (Å²) in [6.07, 6.45) is 8.33. The van der Waals surface area contributed by atoms with Crippen LogP contribution in [0.5, 0.6) is 0 Å². The summed E-state index contributed by atoms with van der Waals surface area (Å²) in [5, 5.41) is 15.3. The second-order valence-electron chi connectivity index (χ2n) is 6.03. The number of nitrogens with zero attached hydrogens (tertiary/aromatic N) is 4. The Morgan fingerprint density at radius 3 is 2.76 bits per heavy atom. The molecule has 1 saturated carbocycles. The molecular weight excluding hydrogens is 340 g/mol. The summed E-state index contributed by atoms with van der Waals surface area (Å²) in [5.74, 6) is -1.11. The molecule has 0 aromatic carbocycles. The highest BCUT2D eigenvalue weighted by atomic mass is 32.1. The summed E-state index contributed by atoms with van der Waals surface area (Å²) in [4.78, 5) is 30.0. The quantitative estimate of drug-likeness (QED) is 0.800. The molecule has 3 rings (SSSR count). The lowest BCUT2D eigenvalue weighted by Crippen LogP contribution is -2.43. The summed E-state index contributed by atoms with van der Waals surface area (Å²) < 4.78 is 1.86. The van der Waals surface area contributed by atoms with E-state index in [1.54, 1.807) is 28.7 Å². The zero-order chi connectivity index (χ0) is 17.8. The minimum atomic E-state index is -1.00. The minimum Gasteiger partial charge on any atom is -0.477 e. The van der Waals surface area contributed by atoms with Crippen molar-refractivity contribution in [3.8, 4) is 0 Å². The SMILES string of the molecule is C=CCC(=O)N(c1ccsc1C(=O)O)C1CCC(n2cncn2)CC1. The summed E-state index contributed by atoms with van der Waals surface area (Å²) in [7, 11) is 0. The molecule has 25 heavy (non-hydrogen) atoms. The van der Waals surface area contributed by atoms with Crippen LogP contribution in [0.25, 0.3) is 0 Å². The number of carboxylic acids is 1. The molecule has 132 valence electrons. The number of carbonyl (C=O) groups excluding carboxylic acids is 1. The maximum Gasteiger partial charge on any atom is 0.348 e. The fourth-order valence-corrected chi connectivity index (χ4v) is 4.12. The number of amides is 1. The number of rotatable bonds is 6. The van der Waals surface area contributed by atoms with Crippen molar-refractivity contribution in [2.75, 3.05) is 4.90 Å². The normalized spacial score (nSPS) is 20.2. The van der Waals surface area contributed by atoms with Crippen LogP contribution in [0.3, 0.4) is 0 Å². The van der Waals surface area contributed by atoms with E-state index in [9.17, 15) is 14.7 Å². The lowest BCUT2D eigenvalue weighted by Gasteiger charge is -2.36. The van der Waals surface area contributed by atoms with Gasteiger partial charge in [0.15, 0.2) is 0 Å². The molecule has 1 amide bonds. The molecule has 2 aromatic rings. The maximum atomic E-state index is 12.7. The number of aromatic nitrogens is 3. The maximum absolute atomic E-state index is 12.7. The molecule has 1 N–H and O–H groups in total. The van der Waals surface area contributed by atoms with Gasteiger partial charge in [-0.15, -0.1) is 17.9 Å². The zero-order valence-electron chi connectivity index (χ0n) is 13.7. The average molecular weight is 360 g/mol. The van der Waals surface area contributed by atoms with Gasteiger partial charge < -0.3 is 10.0 Å². The Balaban J connectivity index is 1.81. The van der Waals surface area contributed by atoms with E-state index in [-0.39, 0.29) is 29.3 Å². The monoisotopic (exact) mass is 360 g/mol. The average Bonchev–Trinajstić information content (AvgIpc) is 3.28. The topological polar surface area (TPSA) is 88.3 Å². The van der Waals surface area contributed by atoms with Crippen molar-refractivity contribution in [2.45, 2.75) is 44.2 Å². The fraction of sp³-hybridized carbons (Fsp3) is 0.412. The third-order valence-corrected chi connectivity index (χ3v) is 5.42. The van der Waals surface area contributed by atoms with Gasteiger partial charge in [-0.2, -0.15) is 5.10 Å². The lowest BCUT2D eigenvalue weighted by atomic mass is 9.89. The first-order valence-electron chi connectivity index (χ1n) is 8.19. The summed E-state index contributed by atoms with van der Waals surface area (Å²) in [6, 6.07) is 1.98. The lowest BCUT2D eigenvalue weighted by molar-refractivity contribution is -0.118. The van der Waals surface area contributed by atoms with Crippen LogP contribution >= 0.6 is 11.3 Å². The fourth-order valence-electron chi connectivity index (χ4n) is 3.40. The number of carboxylic acid groups (broad SMARTS) is 1. The van der Waals surface area contributed by atoms with Crippen molar-refractivity contribution in [1.29, 1.82) is 0 Å². The van der Waals surface area contributed by atoms with Crippen molar-refractivity contribution in [2.24, 2.45) is 0 Å². The van der Waals surface area contributed by atoms with Gasteiger partial charge in [0.2, 0.25) is 5.91 Å². The van der Waals surface area contributed by atoms with Gasteiger partial charge in [-0.05, 0) is 37.1 Å². The van der Waals surface area contributed by atoms with Crippen molar-refractivity contribution in [3.05, 3.63) is 41.6 Å². The van der Waals surface area contributed by atoms with E-state index in [4.69, 9.17) is 0 Å². The molecule has 7 nitrogen and oxygen atoms in total. The second-order valence-corrected chi connectivity index (χ2v) is 6.95. The zero-order valence-corrected chi connectivity index (χ0v) is 14.6. The highest BCUT2D eigenvalue weighted by Gasteiger charge is 2.32. The number of carbonyl (C=O) groups is 2. The van der Waals surface area contributed by atoms with Crippen molar-refractivity contribution in [1.82, 2.24) is 14.8 Å². The van der Waals surface area contributed by atoms with Gasteiger partial charge in [0.25, 0.3) is 0 Å². The highest BCUT2D eigenvalue weighted by molar-refractivity contribution is 7.12. The predicted octanol–water partition coefficient (Wildman–Crippen LogP) is 3.13. The first-order chi connectivity index (χ1) is 12.1. The van der Waals surface area contributed by atoms with Crippen molar-refractivity contribution < 1.29 is 14.7 Å². The van der Waals surface area contributed by atoms with Crippen LogP contribution in [0, 0.1) is 0 Å². The minimum absolute atomic E-state index is 0.0140. The molecule has 0 bridgehead atoms. The van der Waals surface area contributed by atoms with Gasteiger partial charge in [-0.3, -0.25) is 4.79 Å². The van der Waals surface area contributed by atoms with Crippen LogP contribution in [0.1, 0.15) is 47.8 Å². The Labute approximate surface area is 149 Å². The Hall–Kier alpha value is -2.48. The molecule has 2 aromatic heterocycles. The first-order valence-corrected chi connectivity index (χ1v) is 9.07. The van der Waals surface area contributed by atoms with Crippen molar-refractivity contribution in [3.63, 3.8) is 0 Å². The molecule has 0 radical (unpaired) electrons. The van der Waals surface area contributed by atoms with Crippen LogP contribution < -0.4 is 4.90 Å². The molecular formula is C17H20N4O3S. The Kier molecular flexibility index (Phi) is 5.28. The molecule has 1 aliphatic carbocycles. The summed E-state index contributed by atoms with van der Waals surface area (Å²) in [5.41, 5.74) is 0.494. The van der Waals surface area contributed by atoms with Gasteiger partial charge in [0.1, 0.15) is 17.5 Å². The molecule has 0 unspecified atom stereocenters. The highest BCUT2D eigenvalue weighted by Crippen LogP contribution is 2.36. The van der Waals surface area contributed by atoms with Gasteiger partial charge >= 0.3 is 5.97 Å². The third-order valence-electron chi connectivity index (χ3n) is 4.53. The number of anilines is 1. The molecule has 1 aliphatic rings. The van der Waals surface area contributed by atoms with E-state index in [1.165, 1.54) is 6.33 Å². The van der Waals surface area contributed by atoms with Crippen LogP contribution in [0.4, 0.5) is 5.69 Å². The number of aromatic carboxylic acids is 1. The van der Waals surface area contributed by atoms with Crippen LogP contribution in [-0.2, 0) is 4.79 Å². The van der Waals surface area contributed by atoms with Gasteiger partial charge in [0, 0.05) is 12.5 Å². The Bertz CT molecular complexity index is 748. The number of thiophene rings is 1. The molecule has 8 heteroatoms. The molecule has 0 atom stereocenters. The van der Waals surface area contributed by atoms with E-state index in [2.05, 4.69) is 16.7 Å². The summed E-state index contributed by atoms with van der Waals surface area (Å²) in [6.45, 7) is 3.63. The van der Waals surface area contributed by atoms with E-state index in [1.807, 2.05) is 4.68 Å². The van der Waals surface area contributed by atoms with Crippen LogP contribution in [-0.4, -0.2) is 37.8 Å². The van der Waals surface area contributed by atoms with E-state index < -0.39 is 5.97 Å². The van der Waals surface area contributed by atoms with Gasteiger partial charge in [-0.25, -0.2) is 14.5 Å². The predicted molar refractivity (Wildman–Crippen MR) is 94.9 cm³/mol. The van der Waals surface area contributed by atoms with Gasteiger partial charge in [-0.1, -0.05) is 6.08 Å². The van der Waals surface area contributed by atoms with Crippen LogP contribution in [0.15, 0.2) is 36.8 Å². The molecule has 1 fully saturated rings. The smallest absolute Gasteiger partial charge is 0.348 e. The molecule has 0 spiro atoms. The first kappa shape index (κ1) is 17.3. The second kappa shape index (κ2) is 7.60. The van der Waals surface area contributed by atoms with E-state index in [0.717, 1.165) is 37.0 Å². The van der Waals surface area contributed by atoms with Crippen LogP contribution in [0.2, 0.25) is 0 Å². The van der Waals surface area contributed by atoms with E-state index in [0.29, 0.717) is 5.69 Å². The Morgan fingerprint density at radius 2 is 2.16 bits per heavy atom. The standard InChI is InChI=1S/C17H20N4O3S/c1-2-3-15(22)21(14-8-9-25-16(14)17(23)24)13-6-4-12(5-7-13)20-11-18-10-19-20/h2,8-13H,1,3-7H2,(H,23,24). The van der Waals surface area contributed by atoms with E-state index >= 15 is 0 Å². The molecule has 0 aliphatic heterocycles. The van der Waals surface area contributed by atoms with Crippen molar-refractivity contribution >= 4 is 28.9 Å². The third kappa shape index (κ3) is 3.63. The summed E-state index contributed by atoms with van der Waals surface area (Å²) >= 11 is 1.14. The Morgan fingerprint density at radius 1 is 1.40 bits per heavy atom. The molecule has 2 heterocycles.